The molecule has 0 saturated carbocycles. The lowest BCUT2D eigenvalue weighted by molar-refractivity contribution is 0.948. The Kier molecular flexibility index (Phi) is 9.39. The number of nitrogens with one attached hydrogen (secondary N) is 1. The van der Waals surface area contributed by atoms with Gasteiger partial charge in [0.15, 0.2) is 5.82 Å². The summed E-state index contributed by atoms with van der Waals surface area (Å²) in [7, 11) is 0. The van der Waals surface area contributed by atoms with Crippen molar-refractivity contribution in [2.75, 3.05) is 10.2 Å². The molecule has 0 atom stereocenters. The van der Waals surface area contributed by atoms with Crippen molar-refractivity contribution in [3.05, 3.63) is 225 Å². The molecule has 0 spiro atoms. The van der Waals surface area contributed by atoms with E-state index in [9.17, 15) is 0 Å². The number of benzene rings is 7. The first kappa shape index (κ1) is 37.0. The van der Waals surface area contributed by atoms with Crippen LogP contribution in [0.15, 0.2) is 225 Å². The van der Waals surface area contributed by atoms with E-state index >= 15 is 0 Å². The van der Waals surface area contributed by atoms with Crippen LogP contribution in [0.25, 0.3) is 77.8 Å². The van der Waals surface area contributed by atoms with E-state index in [0.717, 1.165) is 77.4 Å². The molecule has 61 heavy (non-hydrogen) atoms. The van der Waals surface area contributed by atoms with E-state index in [1.807, 2.05) is 72.5 Å². The van der Waals surface area contributed by atoms with Crippen LogP contribution < -0.4 is 10.2 Å². The van der Waals surface area contributed by atoms with E-state index in [4.69, 9.17) is 15.0 Å². The first-order chi connectivity index (χ1) is 30.0. The topological polar surface area (TPSA) is 63.8 Å². The Hall–Kier alpha value is -8.29. The van der Waals surface area contributed by atoms with Gasteiger partial charge in [-0.1, -0.05) is 165 Å². The molecule has 292 valence electrons. The van der Waals surface area contributed by atoms with Gasteiger partial charge in [-0.05, 0) is 60.5 Å². The molecule has 0 unspecified atom stereocenters. The maximum absolute atomic E-state index is 5.31. The molecule has 3 aromatic heterocycles. The van der Waals surface area contributed by atoms with Crippen LogP contribution in [-0.4, -0.2) is 24.1 Å². The van der Waals surface area contributed by atoms with Crippen molar-refractivity contribution < 1.29 is 0 Å². The lowest BCUT2D eigenvalue weighted by Gasteiger charge is -2.28. The third-order valence-electron chi connectivity index (χ3n) is 11.1. The SMILES string of the molecule is C=C(Nc1nc(-c2ccc(-c3ccccc3)cc2)nc(-n2c3ccccc3c3ccc4c5ccccc5n(-c5ccccc5)c4c32)n1)C(=C)N(C(=C)/C=C\C)c1ccccc1. The molecule has 0 aliphatic carbocycles. The van der Waals surface area contributed by atoms with Crippen LogP contribution in [0.3, 0.4) is 0 Å². The fraction of sp³-hybridized carbons (Fsp3) is 0.0185. The fourth-order valence-electron chi connectivity index (χ4n) is 8.33. The summed E-state index contributed by atoms with van der Waals surface area (Å²) in [6.07, 6.45) is 3.90. The van der Waals surface area contributed by atoms with Crippen molar-refractivity contribution in [3.8, 4) is 34.2 Å². The average molecular weight is 788 g/mol. The highest BCUT2D eigenvalue weighted by molar-refractivity contribution is 6.23. The molecule has 0 aliphatic rings. The minimum atomic E-state index is 0.324. The first-order valence-electron chi connectivity index (χ1n) is 20.2. The minimum Gasteiger partial charge on any atom is -0.323 e. The summed E-state index contributed by atoms with van der Waals surface area (Å²) in [6, 6.07) is 60.7. The van der Waals surface area contributed by atoms with Crippen LogP contribution in [0.4, 0.5) is 11.6 Å². The molecule has 1 N–H and O–H groups in total. The van der Waals surface area contributed by atoms with Crippen molar-refractivity contribution in [3.63, 3.8) is 0 Å². The second-order valence-electron chi connectivity index (χ2n) is 14.8. The highest BCUT2D eigenvalue weighted by atomic mass is 15.3. The molecular formula is C54H41N7. The quantitative estimate of drug-likeness (QED) is 0.132. The number of fused-ring (bicyclic) bond motifs is 7. The first-order valence-corrected chi connectivity index (χ1v) is 20.2. The summed E-state index contributed by atoms with van der Waals surface area (Å²) in [5, 5.41) is 7.92. The zero-order valence-electron chi connectivity index (χ0n) is 33.7. The average Bonchev–Trinajstić information content (AvgIpc) is 3.83. The number of para-hydroxylation sites is 4. The number of nitrogens with zero attached hydrogens (tertiary/aromatic N) is 6. The Morgan fingerprint density at radius 3 is 1.69 bits per heavy atom. The van der Waals surface area contributed by atoms with Crippen LogP contribution in [0.1, 0.15) is 6.92 Å². The Morgan fingerprint density at radius 1 is 0.525 bits per heavy atom. The third kappa shape index (κ3) is 6.55. The molecule has 0 fully saturated rings. The van der Waals surface area contributed by atoms with Crippen molar-refractivity contribution in [1.29, 1.82) is 0 Å². The van der Waals surface area contributed by atoms with Crippen LogP contribution in [0, 0.1) is 0 Å². The van der Waals surface area contributed by atoms with Gasteiger partial charge in [-0.2, -0.15) is 15.0 Å². The van der Waals surface area contributed by atoms with E-state index in [2.05, 4.69) is 162 Å². The van der Waals surface area contributed by atoms with Gasteiger partial charge in [-0.25, -0.2) is 0 Å². The van der Waals surface area contributed by atoms with Gasteiger partial charge in [-0.15, -0.1) is 0 Å². The van der Waals surface area contributed by atoms with Crippen molar-refractivity contribution in [2.45, 2.75) is 6.92 Å². The lowest BCUT2D eigenvalue weighted by atomic mass is 10.0. The molecule has 10 rings (SSSR count). The minimum absolute atomic E-state index is 0.324. The summed E-state index contributed by atoms with van der Waals surface area (Å²) in [6.45, 7) is 15.3. The van der Waals surface area contributed by atoms with Gasteiger partial charge in [-0.3, -0.25) is 4.57 Å². The summed E-state index contributed by atoms with van der Waals surface area (Å²) in [5.41, 5.74) is 11.0. The largest absolute Gasteiger partial charge is 0.323 e. The highest BCUT2D eigenvalue weighted by Gasteiger charge is 2.24. The molecular weight excluding hydrogens is 747 g/mol. The van der Waals surface area contributed by atoms with E-state index < -0.39 is 0 Å². The Balaban J connectivity index is 1.21. The van der Waals surface area contributed by atoms with E-state index in [1.54, 1.807) is 0 Å². The lowest BCUT2D eigenvalue weighted by Crippen LogP contribution is -2.23. The van der Waals surface area contributed by atoms with Crippen LogP contribution in [-0.2, 0) is 0 Å². The molecule has 7 aromatic carbocycles. The summed E-state index contributed by atoms with van der Waals surface area (Å²) in [5.74, 6) is 1.29. The van der Waals surface area contributed by atoms with Crippen molar-refractivity contribution in [1.82, 2.24) is 24.1 Å². The van der Waals surface area contributed by atoms with E-state index in [-0.39, 0.29) is 0 Å². The maximum Gasteiger partial charge on any atom is 0.240 e. The Labute approximate surface area is 354 Å². The molecule has 0 aliphatic heterocycles. The molecule has 0 amide bonds. The zero-order chi connectivity index (χ0) is 41.5. The van der Waals surface area contributed by atoms with Gasteiger partial charge < -0.3 is 14.8 Å². The number of allylic oxidation sites excluding steroid dienone is 2. The van der Waals surface area contributed by atoms with Gasteiger partial charge in [0.25, 0.3) is 0 Å². The fourth-order valence-corrected chi connectivity index (χ4v) is 8.33. The van der Waals surface area contributed by atoms with Crippen LogP contribution >= 0.6 is 0 Å². The summed E-state index contributed by atoms with van der Waals surface area (Å²) < 4.78 is 4.54. The number of rotatable bonds is 11. The van der Waals surface area contributed by atoms with E-state index in [0.29, 0.717) is 29.1 Å². The zero-order valence-corrected chi connectivity index (χ0v) is 33.7. The molecule has 7 heteroatoms. The monoisotopic (exact) mass is 787 g/mol. The Bertz CT molecular complexity index is 3320. The molecule has 7 nitrogen and oxygen atoms in total. The van der Waals surface area contributed by atoms with Gasteiger partial charge in [0, 0.05) is 44.2 Å². The standard InChI is InChI=1S/C54H41N7/c1-5-19-36(2)59(42-22-11-7-12-23-42)38(4)37(3)55-53-56-52(41-32-30-40(31-33-41)39-20-9-6-10-21-39)57-54(58-53)61-49-29-18-16-27-45(49)47-35-34-46-44-26-15-17-28-48(44)60(50(46)51(47)61)43-24-13-8-14-25-43/h5-35H,2-4H2,1H3,(H,55,56,57,58)/b19-5-. The van der Waals surface area contributed by atoms with Gasteiger partial charge in [0.05, 0.1) is 33.5 Å². The maximum atomic E-state index is 5.31. The molecule has 0 radical (unpaired) electrons. The summed E-state index contributed by atoms with van der Waals surface area (Å²) in [4.78, 5) is 17.6. The molecule has 0 bridgehead atoms. The normalized spacial score (nSPS) is 11.5. The predicted octanol–water partition coefficient (Wildman–Crippen LogP) is 13.4. The van der Waals surface area contributed by atoms with Crippen LogP contribution in [0.2, 0.25) is 0 Å². The molecule has 3 heterocycles. The van der Waals surface area contributed by atoms with Crippen molar-refractivity contribution >= 4 is 55.2 Å². The second kappa shape index (κ2) is 15.5. The number of aromatic nitrogens is 5. The smallest absolute Gasteiger partial charge is 0.240 e. The number of hydrogen-bond donors (Lipinski definition) is 1. The predicted molar refractivity (Wildman–Crippen MR) is 254 cm³/mol. The van der Waals surface area contributed by atoms with Gasteiger partial charge >= 0.3 is 0 Å². The van der Waals surface area contributed by atoms with E-state index in [1.165, 1.54) is 0 Å². The van der Waals surface area contributed by atoms with Gasteiger partial charge in [0.1, 0.15) is 0 Å². The highest BCUT2D eigenvalue weighted by Crippen LogP contribution is 2.41. The number of anilines is 2. The van der Waals surface area contributed by atoms with Crippen molar-refractivity contribution in [2.24, 2.45) is 0 Å². The molecule has 10 aromatic rings. The Morgan fingerprint density at radius 2 is 1.05 bits per heavy atom. The second-order valence-corrected chi connectivity index (χ2v) is 14.8. The van der Waals surface area contributed by atoms with Gasteiger partial charge in [0.2, 0.25) is 11.9 Å². The number of hydrogen-bond acceptors (Lipinski definition) is 5. The summed E-state index contributed by atoms with van der Waals surface area (Å²) >= 11 is 0. The van der Waals surface area contributed by atoms with Crippen LogP contribution in [0.5, 0.6) is 0 Å². The third-order valence-corrected chi connectivity index (χ3v) is 11.1. The molecule has 0 saturated heterocycles.